The first-order chi connectivity index (χ1) is 8.72. The second-order valence-electron chi connectivity index (χ2n) is 4.23. The van der Waals surface area contributed by atoms with E-state index in [2.05, 4.69) is 15.2 Å². The molecule has 0 aliphatic carbocycles. The summed E-state index contributed by atoms with van der Waals surface area (Å²) in [6.07, 6.45) is 0. The lowest BCUT2D eigenvalue weighted by Gasteiger charge is -2.32. The summed E-state index contributed by atoms with van der Waals surface area (Å²) in [6, 6.07) is -0.350. The first-order valence-corrected chi connectivity index (χ1v) is 7.13. The van der Waals surface area contributed by atoms with Crippen LogP contribution < -0.4 is 5.32 Å². The minimum atomic E-state index is -0.350. The molecule has 5 nitrogen and oxygen atoms in total. The summed E-state index contributed by atoms with van der Waals surface area (Å²) < 4.78 is 5.18. The molecular weight excluding hydrogens is 250 g/mol. The van der Waals surface area contributed by atoms with E-state index in [0.717, 1.165) is 36.9 Å². The minimum absolute atomic E-state index is 0.190. The van der Waals surface area contributed by atoms with E-state index in [4.69, 9.17) is 4.74 Å². The quantitative estimate of drug-likeness (QED) is 0.825. The molecule has 2 heterocycles. The van der Waals surface area contributed by atoms with Crippen LogP contribution in [0.2, 0.25) is 0 Å². The van der Waals surface area contributed by atoms with Crippen LogP contribution in [-0.4, -0.2) is 48.6 Å². The highest BCUT2D eigenvalue weighted by Crippen LogP contribution is 2.24. The first-order valence-electron chi connectivity index (χ1n) is 6.25. The summed E-state index contributed by atoms with van der Waals surface area (Å²) in [5.41, 5.74) is 0.817. The lowest BCUT2D eigenvalue weighted by molar-refractivity contribution is -0.150. The molecule has 1 aliphatic rings. The van der Waals surface area contributed by atoms with E-state index in [0.29, 0.717) is 6.61 Å². The molecule has 18 heavy (non-hydrogen) atoms. The van der Waals surface area contributed by atoms with Crippen LogP contribution >= 0.6 is 11.3 Å². The van der Waals surface area contributed by atoms with E-state index in [9.17, 15) is 4.79 Å². The normalized spacial score (nSPS) is 18.6. The van der Waals surface area contributed by atoms with Gasteiger partial charge in [-0.3, -0.25) is 4.90 Å². The van der Waals surface area contributed by atoms with Crippen LogP contribution in [0.5, 0.6) is 0 Å². The summed E-state index contributed by atoms with van der Waals surface area (Å²) in [6.45, 7) is 7.69. The van der Waals surface area contributed by atoms with Crippen molar-refractivity contribution in [1.29, 1.82) is 0 Å². The fourth-order valence-corrected chi connectivity index (χ4v) is 2.76. The Balaban J connectivity index is 2.18. The third-order valence-corrected chi connectivity index (χ3v) is 3.74. The molecule has 1 aromatic heterocycles. The summed E-state index contributed by atoms with van der Waals surface area (Å²) in [5.74, 6) is -0.190. The van der Waals surface area contributed by atoms with E-state index >= 15 is 0 Å². The number of carbonyl (C=O) groups excluding carboxylic acids is 1. The number of piperazine rings is 1. The summed E-state index contributed by atoms with van der Waals surface area (Å²) >= 11 is 1.57. The SMILES string of the molecule is CCOC(=O)C(c1csc(C)n1)N1CCNCC1. The Morgan fingerprint density at radius 1 is 1.61 bits per heavy atom. The molecular formula is C12H19N3O2S. The first kappa shape index (κ1) is 13.5. The number of nitrogens with one attached hydrogen (secondary N) is 1. The highest BCUT2D eigenvalue weighted by molar-refractivity contribution is 7.09. The molecule has 0 spiro atoms. The lowest BCUT2D eigenvalue weighted by atomic mass is 10.1. The van der Waals surface area contributed by atoms with Gasteiger partial charge in [-0.2, -0.15) is 0 Å². The largest absolute Gasteiger partial charge is 0.465 e. The third kappa shape index (κ3) is 3.07. The molecule has 1 fully saturated rings. The van der Waals surface area contributed by atoms with Crippen LogP contribution in [0.1, 0.15) is 23.7 Å². The van der Waals surface area contributed by atoms with Crippen molar-refractivity contribution in [2.24, 2.45) is 0 Å². The molecule has 0 aromatic carbocycles. The second-order valence-corrected chi connectivity index (χ2v) is 5.29. The number of ether oxygens (including phenoxy) is 1. The topological polar surface area (TPSA) is 54.5 Å². The number of carbonyl (C=O) groups is 1. The predicted octanol–water partition coefficient (Wildman–Crippen LogP) is 0.961. The maximum atomic E-state index is 12.1. The number of aryl methyl sites for hydroxylation is 1. The van der Waals surface area contributed by atoms with Gasteiger partial charge in [0.1, 0.15) is 0 Å². The number of hydrogen-bond donors (Lipinski definition) is 1. The van der Waals surface area contributed by atoms with E-state index < -0.39 is 0 Å². The maximum Gasteiger partial charge on any atom is 0.329 e. The molecule has 1 saturated heterocycles. The Labute approximate surface area is 111 Å². The van der Waals surface area contributed by atoms with Crippen LogP contribution in [0, 0.1) is 6.92 Å². The molecule has 6 heteroatoms. The number of hydrogen-bond acceptors (Lipinski definition) is 6. The standard InChI is InChI=1S/C12H19N3O2S/c1-3-17-12(16)11(10-8-18-9(2)14-10)15-6-4-13-5-7-15/h8,11,13H,3-7H2,1-2H3. The van der Waals surface area contributed by atoms with Gasteiger partial charge in [-0.25, -0.2) is 9.78 Å². The zero-order valence-corrected chi connectivity index (χ0v) is 11.6. The fourth-order valence-electron chi connectivity index (χ4n) is 2.12. The highest BCUT2D eigenvalue weighted by Gasteiger charge is 2.31. The average molecular weight is 269 g/mol. The van der Waals surface area contributed by atoms with Gasteiger partial charge in [0.2, 0.25) is 0 Å². The van der Waals surface area contributed by atoms with Crippen LogP contribution in [-0.2, 0) is 9.53 Å². The Kier molecular flexibility index (Phi) is 4.68. The van der Waals surface area contributed by atoms with Crippen molar-refractivity contribution >= 4 is 17.3 Å². The molecule has 0 saturated carbocycles. The van der Waals surface area contributed by atoms with Gasteiger partial charge in [0.25, 0.3) is 0 Å². The van der Waals surface area contributed by atoms with Crippen LogP contribution in [0.4, 0.5) is 0 Å². The fraction of sp³-hybridized carbons (Fsp3) is 0.667. The monoisotopic (exact) mass is 269 g/mol. The lowest BCUT2D eigenvalue weighted by Crippen LogP contribution is -2.47. The van der Waals surface area contributed by atoms with Crippen molar-refractivity contribution in [1.82, 2.24) is 15.2 Å². The summed E-state index contributed by atoms with van der Waals surface area (Å²) in [7, 11) is 0. The Morgan fingerprint density at radius 2 is 2.33 bits per heavy atom. The molecule has 0 radical (unpaired) electrons. The highest BCUT2D eigenvalue weighted by atomic mass is 32.1. The number of nitrogens with zero attached hydrogens (tertiary/aromatic N) is 2. The molecule has 1 aromatic rings. The zero-order chi connectivity index (χ0) is 13.0. The molecule has 0 bridgehead atoms. The molecule has 1 unspecified atom stereocenters. The number of esters is 1. The molecule has 100 valence electrons. The molecule has 1 atom stereocenters. The Hall–Kier alpha value is -0.980. The number of rotatable bonds is 4. The van der Waals surface area contributed by atoms with Gasteiger partial charge in [-0.1, -0.05) is 0 Å². The van der Waals surface area contributed by atoms with Gasteiger partial charge in [-0.15, -0.1) is 11.3 Å². The van der Waals surface area contributed by atoms with Crippen LogP contribution in [0.3, 0.4) is 0 Å². The van der Waals surface area contributed by atoms with Gasteiger partial charge < -0.3 is 10.1 Å². The van der Waals surface area contributed by atoms with E-state index in [1.54, 1.807) is 11.3 Å². The van der Waals surface area contributed by atoms with Crippen molar-refractivity contribution in [2.75, 3.05) is 32.8 Å². The maximum absolute atomic E-state index is 12.1. The third-order valence-electron chi connectivity index (χ3n) is 2.94. The van der Waals surface area contributed by atoms with Crippen molar-refractivity contribution in [3.05, 3.63) is 16.1 Å². The second kappa shape index (κ2) is 6.26. The van der Waals surface area contributed by atoms with Crippen molar-refractivity contribution in [2.45, 2.75) is 19.9 Å². The predicted molar refractivity (Wildman–Crippen MR) is 70.7 cm³/mol. The Bertz CT molecular complexity index is 402. The van der Waals surface area contributed by atoms with Gasteiger partial charge in [0, 0.05) is 31.6 Å². The molecule has 1 N–H and O–H groups in total. The van der Waals surface area contributed by atoms with Crippen LogP contribution in [0.15, 0.2) is 5.38 Å². The van der Waals surface area contributed by atoms with E-state index in [1.165, 1.54) is 0 Å². The summed E-state index contributed by atoms with van der Waals surface area (Å²) in [4.78, 5) is 18.7. The molecule has 1 aliphatic heterocycles. The number of thiazole rings is 1. The number of aromatic nitrogens is 1. The minimum Gasteiger partial charge on any atom is -0.465 e. The van der Waals surface area contributed by atoms with Crippen LogP contribution in [0.25, 0.3) is 0 Å². The van der Waals surface area contributed by atoms with E-state index in [-0.39, 0.29) is 12.0 Å². The molecule has 2 rings (SSSR count). The van der Waals surface area contributed by atoms with Gasteiger partial charge in [0.15, 0.2) is 6.04 Å². The summed E-state index contributed by atoms with van der Waals surface area (Å²) in [5, 5.41) is 6.22. The Morgan fingerprint density at radius 3 is 2.89 bits per heavy atom. The zero-order valence-electron chi connectivity index (χ0n) is 10.8. The van der Waals surface area contributed by atoms with E-state index in [1.807, 2.05) is 19.2 Å². The van der Waals surface area contributed by atoms with Gasteiger partial charge in [-0.05, 0) is 13.8 Å². The van der Waals surface area contributed by atoms with Crippen molar-refractivity contribution < 1.29 is 9.53 Å². The van der Waals surface area contributed by atoms with Crippen molar-refractivity contribution in [3.8, 4) is 0 Å². The average Bonchev–Trinajstić information content (AvgIpc) is 2.78. The smallest absolute Gasteiger partial charge is 0.329 e. The van der Waals surface area contributed by atoms with Gasteiger partial charge in [0.05, 0.1) is 17.3 Å². The molecule has 0 amide bonds. The van der Waals surface area contributed by atoms with Crippen molar-refractivity contribution in [3.63, 3.8) is 0 Å². The van der Waals surface area contributed by atoms with Gasteiger partial charge >= 0.3 is 5.97 Å².